The van der Waals surface area contributed by atoms with Gasteiger partial charge in [0.2, 0.25) is 0 Å². The van der Waals surface area contributed by atoms with E-state index in [1.54, 1.807) is 18.2 Å². The van der Waals surface area contributed by atoms with Gasteiger partial charge in [-0.15, -0.1) is 0 Å². The summed E-state index contributed by atoms with van der Waals surface area (Å²) in [6.07, 6.45) is 2.25. The Morgan fingerprint density at radius 2 is 1.91 bits per heavy atom. The Bertz CT molecular complexity index is 852. The third kappa shape index (κ3) is 2.72. The van der Waals surface area contributed by atoms with E-state index in [0.717, 1.165) is 18.4 Å². The predicted octanol–water partition coefficient (Wildman–Crippen LogP) is 4.19. The molecule has 1 aliphatic carbocycles. The lowest BCUT2D eigenvalue weighted by Gasteiger charge is -2.18. The third-order valence-electron chi connectivity index (χ3n) is 4.39. The molecule has 1 amide bonds. The maximum absolute atomic E-state index is 13.8. The normalized spacial score (nSPS) is 15.5. The van der Waals surface area contributed by atoms with E-state index < -0.39 is 0 Å². The fraction of sp³-hybridized carbons (Fsp3) is 0.211. The first-order chi connectivity index (χ1) is 11.2. The van der Waals surface area contributed by atoms with E-state index in [9.17, 15) is 9.18 Å². The Balaban J connectivity index is 1.61. The van der Waals surface area contributed by atoms with Crippen LogP contribution in [0.4, 0.5) is 4.39 Å². The summed E-state index contributed by atoms with van der Waals surface area (Å²) in [4.78, 5) is 15.6. The van der Waals surface area contributed by atoms with Crippen LogP contribution in [0.2, 0.25) is 0 Å². The van der Waals surface area contributed by atoms with Crippen molar-refractivity contribution in [3.8, 4) is 0 Å². The number of fused-ring (bicyclic) bond motifs is 1. The van der Waals surface area contributed by atoms with Gasteiger partial charge in [-0.2, -0.15) is 0 Å². The van der Waals surface area contributed by atoms with E-state index in [4.69, 9.17) is 0 Å². The van der Waals surface area contributed by atoms with Gasteiger partial charge in [0.1, 0.15) is 11.5 Å². The molecule has 1 saturated carbocycles. The summed E-state index contributed by atoms with van der Waals surface area (Å²) in [5.41, 5.74) is 2.15. The zero-order valence-corrected chi connectivity index (χ0v) is 12.6. The number of rotatable bonds is 4. The Hall–Kier alpha value is -2.62. The smallest absolute Gasteiger partial charge is 0.268 e. The molecule has 3 nitrogen and oxygen atoms in total. The van der Waals surface area contributed by atoms with Crippen LogP contribution in [0.5, 0.6) is 0 Å². The van der Waals surface area contributed by atoms with Crippen LogP contribution in [-0.4, -0.2) is 10.9 Å². The van der Waals surface area contributed by atoms with Crippen molar-refractivity contribution in [2.75, 3.05) is 0 Å². The first kappa shape index (κ1) is 14.0. The van der Waals surface area contributed by atoms with Gasteiger partial charge in [-0.25, -0.2) is 4.39 Å². The lowest BCUT2D eigenvalue weighted by molar-refractivity contribution is 0.0927. The molecule has 1 atom stereocenters. The summed E-state index contributed by atoms with van der Waals surface area (Å²) >= 11 is 0. The van der Waals surface area contributed by atoms with Gasteiger partial charge < -0.3 is 10.3 Å². The largest absolute Gasteiger partial charge is 0.350 e. The maximum Gasteiger partial charge on any atom is 0.268 e. The number of hydrogen-bond acceptors (Lipinski definition) is 1. The molecule has 1 aliphatic rings. The molecule has 0 saturated heterocycles. The van der Waals surface area contributed by atoms with Crippen LogP contribution in [-0.2, 0) is 0 Å². The fourth-order valence-corrected chi connectivity index (χ4v) is 3.02. The molecule has 1 heterocycles. The Morgan fingerprint density at radius 1 is 1.13 bits per heavy atom. The van der Waals surface area contributed by atoms with Gasteiger partial charge in [-0.3, -0.25) is 4.79 Å². The van der Waals surface area contributed by atoms with Crippen LogP contribution < -0.4 is 5.32 Å². The second-order valence-electron chi connectivity index (χ2n) is 6.08. The van der Waals surface area contributed by atoms with Crippen molar-refractivity contribution in [1.29, 1.82) is 0 Å². The highest BCUT2D eigenvalue weighted by Crippen LogP contribution is 2.41. The lowest BCUT2D eigenvalue weighted by Crippen LogP contribution is -2.30. The average Bonchev–Trinajstić information content (AvgIpc) is 3.31. The first-order valence-corrected chi connectivity index (χ1v) is 7.85. The van der Waals surface area contributed by atoms with Gasteiger partial charge in [0.05, 0.1) is 6.04 Å². The van der Waals surface area contributed by atoms with Gasteiger partial charge >= 0.3 is 0 Å². The summed E-state index contributed by atoms with van der Waals surface area (Å²) in [5.74, 6) is -0.0246. The lowest BCUT2D eigenvalue weighted by atomic mass is 10.0. The van der Waals surface area contributed by atoms with Crippen LogP contribution in [0.1, 0.15) is 34.9 Å². The highest BCUT2D eigenvalue weighted by molar-refractivity contribution is 5.98. The molecule has 4 heteroatoms. The number of H-pyrrole nitrogens is 1. The van der Waals surface area contributed by atoms with Crippen LogP contribution >= 0.6 is 0 Å². The predicted molar refractivity (Wildman–Crippen MR) is 87.6 cm³/mol. The Labute approximate surface area is 133 Å². The topological polar surface area (TPSA) is 44.9 Å². The van der Waals surface area contributed by atoms with E-state index >= 15 is 0 Å². The molecule has 3 aromatic rings. The van der Waals surface area contributed by atoms with Gasteiger partial charge in [0.25, 0.3) is 5.91 Å². The van der Waals surface area contributed by atoms with Gasteiger partial charge in [-0.1, -0.05) is 36.4 Å². The van der Waals surface area contributed by atoms with Crippen LogP contribution in [0.15, 0.2) is 54.6 Å². The monoisotopic (exact) mass is 308 g/mol. The van der Waals surface area contributed by atoms with E-state index in [2.05, 4.69) is 10.3 Å². The summed E-state index contributed by atoms with van der Waals surface area (Å²) in [7, 11) is 0. The highest BCUT2D eigenvalue weighted by Gasteiger charge is 2.33. The summed E-state index contributed by atoms with van der Waals surface area (Å²) in [6, 6.07) is 16.4. The SMILES string of the molecule is O=C(N[C@H](c1ccccc1)C1CC1)c1cc2c(F)cccc2[nH]1. The second kappa shape index (κ2) is 5.54. The number of amides is 1. The molecule has 1 fully saturated rings. The summed E-state index contributed by atoms with van der Waals surface area (Å²) in [5, 5.41) is 3.54. The molecule has 0 aliphatic heterocycles. The van der Waals surface area contributed by atoms with Crippen molar-refractivity contribution >= 4 is 16.8 Å². The van der Waals surface area contributed by atoms with Gasteiger partial charge in [-0.05, 0) is 42.5 Å². The molecule has 23 heavy (non-hydrogen) atoms. The average molecular weight is 308 g/mol. The number of aromatic nitrogens is 1. The van der Waals surface area contributed by atoms with Crippen LogP contribution in [0.25, 0.3) is 10.9 Å². The van der Waals surface area contributed by atoms with Crippen molar-refractivity contribution in [2.24, 2.45) is 5.92 Å². The molecular formula is C19H17FN2O. The molecule has 2 N–H and O–H groups in total. The zero-order chi connectivity index (χ0) is 15.8. The number of carbonyl (C=O) groups is 1. The molecular weight excluding hydrogens is 291 g/mol. The quantitative estimate of drug-likeness (QED) is 0.746. The Morgan fingerprint density at radius 3 is 2.61 bits per heavy atom. The molecule has 0 bridgehead atoms. The van der Waals surface area contributed by atoms with Crippen molar-refractivity contribution in [3.63, 3.8) is 0 Å². The van der Waals surface area contributed by atoms with Gasteiger partial charge in [0, 0.05) is 10.9 Å². The molecule has 116 valence electrons. The molecule has 0 spiro atoms. The zero-order valence-electron chi connectivity index (χ0n) is 12.6. The minimum Gasteiger partial charge on any atom is -0.350 e. The Kier molecular flexibility index (Phi) is 3.37. The van der Waals surface area contributed by atoms with Gasteiger partial charge in [0.15, 0.2) is 0 Å². The van der Waals surface area contributed by atoms with Crippen LogP contribution in [0, 0.1) is 11.7 Å². The van der Waals surface area contributed by atoms with Crippen molar-refractivity contribution in [3.05, 3.63) is 71.7 Å². The number of nitrogens with one attached hydrogen (secondary N) is 2. The summed E-state index contributed by atoms with van der Waals surface area (Å²) in [6.45, 7) is 0. The fourth-order valence-electron chi connectivity index (χ4n) is 3.02. The van der Waals surface area contributed by atoms with E-state index in [1.165, 1.54) is 6.07 Å². The standard InChI is InChI=1S/C19H17FN2O/c20-15-7-4-8-16-14(15)11-17(21-16)19(23)22-18(13-9-10-13)12-5-2-1-3-6-12/h1-8,11,13,18,21H,9-10H2,(H,22,23)/t18-/m1/s1. The van der Waals surface area contributed by atoms with Crippen molar-refractivity contribution < 1.29 is 9.18 Å². The number of carbonyl (C=O) groups excluding carboxylic acids is 1. The maximum atomic E-state index is 13.8. The minimum absolute atomic E-state index is 0.0139. The van der Waals surface area contributed by atoms with E-state index in [1.807, 2.05) is 30.3 Å². The highest BCUT2D eigenvalue weighted by atomic mass is 19.1. The van der Waals surface area contributed by atoms with Crippen molar-refractivity contribution in [1.82, 2.24) is 10.3 Å². The van der Waals surface area contributed by atoms with E-state index in [0.29, 0.717) is 22.5 Å². The minimum atomic E-state index is -0.320. The van der Waals surface area contributed by atoms with Crippen molar-refractivity contribution in [2.45, 2.75) is 18.9 Å². The summed E-state index contributed by atoms with van der Waals surface area (Å²) < 4.78 is 13.8. The number of hydrogen-bond donors (Lipinski definition) is 2. The molecule has 4 rings (SSSR count). The molecule has 0 radical (unpaired) electrons. The molecule has 2 aromatic carbocycles. The third-order valence-corrected chi connectivity index (χ3v) is 4.39. The number of benzene rings is 2. The number of aromatic amines is 1. The van der Waals surface area contributed by atoms with E-state index in [-0.39, 0.29) is 17.8 Å². The molecule has 0 unspecified atom stereocenters. The second-order valence-corrected chi connectivity index (χ2v) is 6.08. The first-order valence-electron chi connectivity index (χ1n) is 7.85. The van der Waals surface area contributed by atoms with Crippen LogP contribution in [0.3, 0.4) is 0 Å². The molecule has 1 aromatic heterocycles. The number of halogens is 1.